The lowest BCUT2D eigenvalue weighted by molar-refractivity contribution is -0.117. The maximum atomic E-state index is 12.4. The van der Waals surface area contributed by atoms with E-state index in [0.29, 0.717) is 22.7 Å². The highest BCUT2D eigenvalue weighted by molar-refractivity contribution is 9.10. The van der Waals surface area contributed by atoms with Crippen molar-refractivity contribution < 1.29 is 4.79 Å². The van der Waals surface area contributed by atoms with Crippen LogP contribution in [0.1, 0.15) is 25.2 Å². The van der Waals surface area contributed by atoms with Crippen molar-refractivity contribution in [1.29, 1.82) is 0 Å². The molecule has 0 radical (unpaired) electrons. The predicted molar refractivity (Wildman–Crippen MR) is 87.1 cm³/mol. The second-order valence-corrected chi connectivity index (χ2v) is 8.77. The summed E-state index contributed by atoms with van der Waals surface area (Å²) < 4.78 is 2.78. The molecule has 1 aromatic rings. The maximum Gasteiger partial charge on any atom is 0.152 e. The lowest BCUT2D eigenvalue weighted by Crippen LogP contribution is -2.32. The van der Waals surface area contributed by atoms with Crippen molar-refractivity contribution in [3.63, 3.8) is 0 Å². The lowest BCUT2D eigenvalue weighted by Gasteiger charge is -2.30. The minimum Gasteiger partial charge on any atom is -0.298 e. The summed E-state index contributed by atoms with van der Waals surface area (Å²) in [6, 6.07) is 0. The molecule has 0 aromatic carbocycles. The summed E-state index contributed by atoms with van der Waals surface area (Å²) >= 11 is 7.26. The van der Waals surface area contributed by atoms with Gasteiger partial charge >= 0.3 is 0 Å². The molecule has 6 heteroatoms. The number of nitrogens with zero attached hydrogens (tertiary/aromatic N) is 2. The first-order chi connectivity index (χ1) is 8.90. The Hall–Kier alpha value is 0.0600. The number of thioether (sulfide) groups is 2. The zero-order valence-corrected chi connectivity index (χ0v) is 14.9. The molecule has 0 aliphatic carbocycles. The molecule has 1 saturated heterocycles. The summed E-state index contributed by atoms with van der Waals surface area (Å²) in [6.45, 7) is 6.41. The van der Waals surface area contributed by atoms with Crippen molar-refractivity contribution in [2.45, 2.75) is 42.9 Å². The van der Waals surface area contributed by atoms with E-state index in [1.807, 2.05) is 42.2 Å². The zero-order valence-electron chi connectivity index (χ0n) is 11.6. The summed E-state index contributed by atoms with van der Waals surface area (Å²) in [5, 5.41) is 5.65. The third-order valence-electron chi connectivity index (χ3n) is 3.51. The number of hydrogen-bond acceptors (Lipinski definition) is 4. The van der Waals surface area contributed by atoms with Gasteiger partial charge in [-0.05, 0) is 22.9 Å². The molecule has 1 fully saturated rings. The summed E-state index contributed by atoms with van der Waals surface area (Å²) in [7, 11) is 1.90. The molecule has 0 amide bonds. The van der Waals surface area contributed by atoms with Gasteiger partial charge in [0.05, 0.1) is 27.5 Å². The van der Waals surface area contributed by atoms with Crippen molar-refractivity contribution in [2.75, 3.05) is 5.75 Å². The van der Waals surface area contributed by atoms with Crippen molar-refractivity contribution in [3.8, 4) is 0 Å². The van der Waals surface area contributed by atoms with Crippen molar-refractivity contribution in [2.24, 2.45) is 7.05 Å². The highest BCUT2D eigenvalue weighted by atomic mass is 79.9. The minimum atomic E-state index is 0.123. The number of aryl methyl sites for hydroxylation is 2. The average Bonchev–Trinajstić information content (AvgIpc) is 2.59. The molecule has 2 heterocycles. The van der Waals surface area contributed by atoms with Crippen LogP contribution in [0.5, 0.6) is 0 Å². The van der Waals surface area contributed by atoms with Gasteiger partial charge in [0.25, 0.3) is 0 Å². The fourth-order valence-electron chi connectivity index (χ4n) is 2.10. The summed E-state index contributed by atoms with van der Waals surface area (Å²) in [6.07, 6.45) is 0.469. The topological polar surface area (TPSA) is 34.9 Å². The Labute approximate surface area is 131 Å². The van der Waals surface area contributed by atoms with E-state index in [-0.39, 0.29) is 5.25 Å². The number of hydrogen-bond donors (Lipinski definition) is 0. The van der Waals surface area contributed by atoms with Crippen molar-refractivity contribution in [1.82, 2.24) is 9.78 Å². The largest absolute Gasteiger partial charge is 0.298 e. The number of ketones is 1. The van der Waals surface area contributed by atoms with Gasteiger partial charge in [-0.1, -0.05) is 13.8 Å². The van der Waals surface area contributed by atoms with E-state index < -0.39 is 0 Å². The molecule has 0 N–H and O–H groups in total. The Balaban J connectivity index is 2.05. The van der Waals surface area contributed by atoms with Gasteiger partial charge in [0, 0.05) is 23.3 Å². The summed E-state index contributed by atoms with van der Waals surface area (Å²) in [5.74, 6) is 1.25. The third kappa shape index (κ3) is 3.39. The van der Waals surface area contributed by atoms with Crippen LogP contribution in [0, 0.1) is 6.92 Å². The smallest absolute Gasteiger partial charge is 0.152 e. The fourth-order valence-corrected chi connectivity index (χ4v) is 5.47. The maximum absolute atomic E-state index is 12.4. The number of Topliss-reactive ketones (excluding diaryl/α,β-unsaturated/α-hetero) is 1. The Morgan fingerprint density at radius 3 is 2.68 bits per heavy atom. The Morgan fingerprint density at radius 2 is 2.16 bits per heavy atom. The van der Waals surface area contributed by atoms with Crippen LogP contribution >= 0.6 is 39.5 Å². The quantitative estimate of drug-likeness (QED) is 0.826. The highest BCUT2D eigenvalue weighted by Crippen LogP contribution is 2.36. The van der Waals surface area contributed by atoms with Crippen LogP contribution in [-0.4, -0.2) is 37.1 Å². The van der Waals surface area contributed by atoms with Crippen LogP contribution in [0.2, 0.25) is 0 Å². The molecule has 0 bridgehead atoms. The first-order valence-corrected chi connectivity index (χ1v) is 9.16. The predicted octanol–water partition coefficient (Wildman–Crippen LogP) is 3.23. The van der Waals surface area contributed by atoms with E-state index in [9.17, 15) is 4.79 Å². The Kier molecular flexibility index (Phi) is 5.06. The van der Waals surface area contributed by atoms with Gasteiger partial charge in [-0.2, -0.15) is 16.9 Å². The van der Waals surface area contributed by atoms with Crippen LogP contribution in [0.25, 0.3) is 0 Å². The molecule has 1 aromatic heterocycles. The van der Waals surface area contributed by atoms with Crippen molar-refractivity contribution in [3.05, 3.63) is 15.9 Å². The van der Waals surface area contributed by atoms with E-state index in [1.54, 1.807) is 0 Å². The Bertz CT molecular complexity index is 489. The van der Waals surface area contributed by atoms with Crippen molar-refractivity contribution >= 4 is 45.2 Å². The summed E-state index contributed by atoms with van der Waals surface area (Å²) in [5.41, 5.74) is 1.93. The molecular formula is C13H19BrN2OS2. The molecule has 3 unspecified atom stereocenters. The average molecular weight is 363 g/mol. The van der Waals surface area contributed by atoms with E-state index >= 15 is 0 Å². The third-order valence-corrected chi connectivity index (χ3v) is 7.98. The van der Waals surface area contributed by atoms with Gasteiger partial charge in [-0.25, -0.2) is 0 Å². The fraction of sp³-hybridized carbons (Fsp3) is 0.692. The Morgan fingerprint density at radius 1 is 1.47 bits per heavy atom. The van der Waals surface area contributed by atoms with E-state index in [1.165, 1.54) is 0 Å². The van der Waals surface area contributed by atoms with Crippen LogP contribution < -0.4 is 0 Å². The minimum absolute atomic E-state index is 0.123. The second-order valence-electron chi connectivity index (χ2n) is 4.98. The van der Waals surface area contributed by atoms with Gasteiger partial charge in [0.15, 0.2) is 5.78 Å². The molecule has 106 valence electrons. The van der Waals surface area contributed by atoms with Crippen LogP contribution in [-0.2, 0) is 18.3 Å². The van der Waals surface area contributed by atoms with E-state index in [0.717, 1.165) is 21.6 Å². The van der Waals surface area contributed by atoms with Crippen LogP contribution in [0.15, 0.2) is 4.47 Å². The molecule has 2 rings (SSSR count). The lowest BCUT2D eigenvalue weighted by atomic mass is 10.1. The molecule has 3 nitrogen and oxygen atoms in total. The number of carbonyl (C=O) groups is 1. The standard InChI is InChI=1S/C13H19BrN2OS2/c1-7-13(14)10(16(4)15-7)5-11(17)12-6-18-8(2)9(3)19-12/h8-9,12H,5-6H2,1-4H3. The SMILES string of the molecule is Cc1nn(C)c(CC(=O)C2CSC(C)C(C)S2)c1Br. The number of carbonyl (C=O) groups excluding carboxylic acids is 1. The molecular weight excluding hydrogens is 344 g/mol. The van der Waals surface area contributed by atoms with Gasteiger partial charge in [-0.15, -0.1) is 11.8 Å². The monoisotopic (exact) mass is 362 g/mol. The van der Waals surface area contributed by atoms with Crippen LogP contribution in [0.4, 0.5) is 0 Å². The van der Waals surface area contributed by atoms with E-state index in [4.69, 9.17) is 0 Å². The number of rotatable bonds is 3. The van der Waals surface area contributed by atoms with Gasteiger partial charge in [-0.3, -0.25) is 9.48 Å². The first-order valence-electron chi connectivity index (χ1n) is 6.38. The van der Waals surface area contributed by atoms with Gasteiger partial charge in [0.2, 0.25) is 0 Å². The molecule has 1 aliphatic rings. The summed E-state index contributed by atoms with van der Waals surface area (Å²) in [4.78, 5) is 12.4. The molecule has 1 aliphatic heterocycles. The highest BCUT2D eigenvalue weighted by Gasteiger charge is 2.31. The molecule has 0 saturated carbocycles. The molecule has 3 atom stereocenters. The van der Waals surface area contributed by atoms with Gasteiger partial charge in [0.1, 0.15) is 0 Å². The number of aromatic nitrogens is 2. The normalized spacial score (nSPS) is 27.5. The first kappa shape index (κ1) is 15.4. The zero-order chi connectivity index (χ0) is 14.2. The van der Waals surface area contributed by atoms with Gasteiger partial charge < -0.3 is 0 Å². The molecule has 0 spiro atoms. The van der Waals surface area contributed by atoms with Crippen LogP contribution in [0.3, 0.4) is 0 Å². The van der Waals surface area contributed by atoms with E-state index in [2.05, 4.69) is 34.9 Å². The number of halogens is 1. The second kappa shape index (κ2) is 6.22. The molecule has 19 heavy (non-hydrogen) atoms.